The Morgan fingerprint density at radius 3 is 2.38 bits per heavy atom. The van der Waals surface area contributed by atoms with Gasteiger partial charge >= 0.3 is 12.3 Å². The summed E-state index contributed by atoms with van der Waals surface area (Å²) in [7, 11) is -4.96. The average molecular weight is 435 g/mol. The number of para-hydroxylation sites is 1. The number of aryl methyl sites for hydroxylation is 1. The molecule has 0 atom stereocenters. The van der Waals surface area contributed by atoms with Gasteiger partial charge in [0.2, 0.25) is 0 Å². The van der Waals surface area contributed by atoms with Crippen LogP contribution in [-0.2, 0) is 10.0 Å². The monoisotopic (exact) mass is 435 g/mol. The van der Waals surface area contributed by atoms with Crippen molar-refractivity contribution in [1.29, 1.82) is 0 Å². The number of carbonyl (C=O) groups is 1. The van der Waals surface area contributed by atoms with Gasteiger partial charge in [0, 0.05) is 10.9 Å². The summed E-state index contributed by atoms with van der Waals surface area (Å²) >= 11 is 0. The Labute approximate surface area is 159 Å². The molecule has 0 spiro atoms. The largest absolute Gasteiger partial charge is 0.573 e. The summed E-state index contributed by atoms with van der Waals surface area (Å²) in [5.41, 5.74) is -0.180. The Morgan fingerprint density at radius 1 is 1.10 bits per heavy atom. The number of fused-ring (bicyclic) bond motifs is 1. The highest BCUT2D eigenvalue weighted by atomic mass is 32.2. The lowest BCUT2D eigenvalue weighted by Gasteiger charge is -2.12. The first-order valence-electron chi connectivity index (χ1n) is 7.70. The number of halogens is 5. The molecule has 0 fully saturated rings. The minimum absolute atomic E-state index is 0.113. The van der Waals surface area contributed by atoms with Crippen LogP contribution in [0.4, 0.5) is 22.0 Å². The van der Waals surface area contributed by atoms with E-state index in [2.05, 4.69) is 4.74 Å². The normalized spacial score (nSPS) is 12.2. The number of nitrogens with one attached hydrogen (secondary N) is 1. The SMILES string of the molecule is Cc1c(C(=O)NS(=O)(=O)c2cccc(OC(F)(F)F)c2F)oc2c(F)cccc12. The van der Waals surface area contributed by atoms with E-state index in [1.165, 1.54) is 23.8 Å². The molecule has 0 bridgehead atoms. The minimum Gasteiger partial charge on any atom is -0.447 e. The first kappa shape index (κ1) is 20.6. The topological polar surface area (TPSA) is 85.6 Å². The van der Waals surface area contributed by atoms with Crippen LogP contribution in [0.5, 0.6) is 5.75 Å². The molecule has 1 N–H and O–H groups in total. The van der Waals surface area contributed by atoms with Crippen molar-refractivity contribution in [3.05, 3.63) is 59.4 Å². The zero-order valence-corrected chi connectivity index (χ0v) is 15.1. The molecule has 0 radical (unpaired) electrons. The van der Waals surface area contributed by atoms with Gasteiger partial charge in [0.1, 0.15) is 4.90 Å². The number of carbonyl (C=O) groups excluding carboxylic acids is 1. The van der Waals surface area contributed by atoms with Crippen molar-refractivity contribution in [3.8, 4) is 5.75 Å². The lowest BCUT2D eigenvalue weighted by molar-refractivity contribution is -0.275. The summed E-state index contributed by atoms with van der Waals surface area (Å²) in [4.78, 5) is 11.1. The molecule has 0 aliphatic carbocycles. The van der Waals surface area contributed by atoms with E-state index in [1.54, 1.807) is 0 Å². The third-order valence-electron chi connectivity index (χ3n) is 3.79. The van der Waals surface area contributed by atoms with Gasteiger partial charge in [-0.25, -0.2) is 21.9 Å². The van der Waals surface area contributed by atoms with E-state index in [0.717, 1.165) is 12.1 Å². The van der Waals surface area contributed by atoms with Crippen LogP contribution >= 0.6 is 0 Å². The molecule has 3 aromatic rings. The van der Waals surface area contributed by atoms with Crippen LogP contribution in [0.3, 0.4) is 0 Å². The predicted octanol–water partition coefficient (Wildman–Crippen LogP) is 4.04. The number of hydrogen-bond acceptors (Lipinski definition) is 5. The van der Waals surface area contributed by atoms with Crippen LogP contribution in [0, 0.1) is 18.6 Å². The molecule has 0 saturated carbocycles. The Bertz CT molecular complexity index is 1220. The molecule has 29 heavy (non-hydrogen) atoms. The summed E-state index contributed by atoms with van der Waals surface area (Å²) in [5, 5.41) is 0.208. The van der Waals surface area contributed by atoms with Gasteiger partial charge in [-0.2, -0.15) is 0 Å². The second-order valence-electron chi connectivity index (χ2n) is 5.72. The Balaban J connectivity index is 1.96. The van der Waals surface area contributed by atoms with Gasteiger partial charge in [-0.05, 0) is 25.1 Å². The molecule has 1 amide bonds. The number of rotatable bonds is 4. The van der Waals surface area contributed by atoms with E-state index in [1.807, 2.05) is 0 Å². The van der Waals surface area contributed by atoms with Crippen molar-refractivity contribution in [2.24, 2.45) is 0 Å². The standard InChI is InChI=1S/C17H10F5NO5S/c1-8-9-4-2-5-10(18)15(9)27-14(8)16(24)23-29(25,26)12-7-3-6-11(13(12)19)28-17(20,21)22/h2-7H,1H3,(H,23,24). The van der Waals surface area contributed by atoms with E-state index >= 15 is 0 Å². The lowest BCUT2D eigenvalue weighted by atomic mass is 10.1. The molecule has 0 saturated heterocycles. The van der Waals surface area contributed by atoms with Gasteiger partial charge in [0.25, 0.3) is 10.0 Å². The van der Waals surface area contributed by atoms with E-state index < -0.39 is 50.3 Å². The Kier molecular flexibility index (Phi) is 4.99. The minimum atomic E-state index is -5.26. The summed E-state index contributed by atoms with van der Waals surface area (Å²) in [6, 6.07) is 5.84. The second kappa shape index (κ2) is 7.03. The van der Waals surface area contributed by atoms with Crippen LogP contribution in [0.15, 0.2) is 45.7 Å². The maximum atomic E-state index is 14.2. The van der Waals surface area contributed by atoms with Crippen molar-refractivity contribution in [3.63, 3.8) is 0 Å². The van der Waals surface area contributed by atoms with Crippen molar-refractivity contribution in [2.45, 2.75) is 18.2 Å². The smallest absolute Gasteiger partial charge is 0.447 e. The Morgan fingerprint density at radius 2 is 1.76 bits per heavy atom. The van der Waals surface area contributed by atoms with Crippen LogP contribution in [0.25, 0.3) is 11.0 Å². The van der Waals surface area contributed by atoms with Gasteiger partial charge in [-0.15, -0.1) is 13.2 Å². The van der Waals surface area contributed by atoms with Crippen LogP contribution in [0.1, 0.15) is 16.1 Å². The third-order valence-corrected chi connectivity index (χ3v) is 5.14. The second-order valence-corrected chi connectivity index (χ2v) is 7.37. The molecule has 12 heteroatoms. The number of furan rings is 1. The maximum Gasteiger partial charge on any atom is 0.573 e. The molecule has 0 aliphatic rings. The highest BCUT2D eigenvalue weighted by molar-refractivity contribution is 7.90. The summed E-state index contributed by atoms with van der Waals surface area (Å²) in [5.74, 6) is -5.96. The molecular weight excluding hydrogens is 425 g/mol. The predicted molar refractivity (Wildman–Crippen MR) is 88.6 cm³/mol. The summed E-state index contributed by atoms with van der Waals surface area (Å²) < 4.78 is 99.5. The number of benzene rings is 2. The van der Waals surface area contributed by atoms with Gasteiger partial charge in [-0.1, -0.05) is 18.2 Å². The van der Waals surface area contributed by atoms with Crippen molar-refractivity contribution < 1.29 is 44.3 Å². The lowest BCUT2D eigenvalue weighted by Crippen LogP contribution is -2.31. The highest BCUT2D eigenvalue weighted by Crippen LogP contribution is 2.30. The fourth-order valence-corrected chi connectivity index (χ4v) is 3.59. The summed E-state index contributed by atoms with van der Waals surface area (Å²) in [6.45, 7) is 1.37. The zero-order valence-electron chi connectivity index (χ0n) is 14.3. The zero-order chi connectivity index (χ0) is 21.6. The fourth-order valence-electron chi connectivity index (χ4n) is 2.55. The van der Waals surface area contributed by atoms with Gasteiger partial charge < -0.3 is 9.15 Å². The summed E-state index contributed by atoms with van der Waals surface area (Å²) in [6.07, 6.45) is -5.26. The Hall–Kier alpha value is -3.15. The van der Waals surface area contributed by atoms with Crippen LogP contribution in [0.2, 0.25) is 0 Å². The maximum absolute atomic E-state index is 14.2. The van der Waals surface area contributed by atoms with Gasteiger partial charge in [-0.3, -0.25) is 4.79 Å². The van der Waals surface area contributed by atoms with Crippen molar-refractivity contribution in [1.82, 2.24) is 4.72 Å². The first-order chi connectivity index (χ1) is 13.4. The fraction of sp³-hybridized carbons (Fsp3) is 0.118. The van der Waals surface area contributed by atoms with E-state index in [0.29, 0.717) is 12.1 Å². The van der Waals surface area contributed by atoms with Crippen molar-refractivity contribution >= 4 is 26.9 Å². The highest BCUT2D eigenvalue weighted by Gasteiger charge is 2.34. The van der Waals surface area contributed by atoms with Gasteiger partial charge in [0.05, 0.1) is 0 Å². The molecule has 0 aliphatic heterocycles. The number of alkyl halides is 3. The molecule has 0 unspecified atom stereocenters. The molecule has 1 aromatic heterocycles. The molecule has 6 nitrogen and oxygen atoms in total. The molecule has 2 aromatic carbocycles. The average Bonchev–Trinajstić information content (AvgIpc) is 2.94. The molecule has 154 valence electrons. The van der Waals surface area contributed by atoms with E-state index in [4.69, 9.17) is 4.42 Å². The quantitative estimate of drug-likeness (QED) is 0.626. The van der Waals surface area contributed by atoms with E-state index in [-0.39, 0.29) is 16.5 Å². The molecule has 3 rings (SSSR count). The van der Waals surface area contributed by atoms with Gasteiger partial charge in [0.15, 0.2) is 28.7 Å². The molecular formula is C17H10F5NO5S. The number of sulfonamides is 1. The van der Waals surface area contributed by atoms with Crippen molar-refractivity contribution in [2.75, 3.05) is 0 Å². The first-order valence-corrected chi connectivity index (χ1v) is 9.18. The third kappa shape index (κ3) is 4.01. The number of ether oxygens (including phenoxy) is 1. The number of hydrogen-bond donors (Lipinski definition) is 1. The van der Waals surface area contributed by atoms with Crippen LogP contribution < -0.4 is 9.46 Å². The number of amides is 1. The van der Waals surface area contributed by atoms with Crippen LogP contribution in [-0.4, -0.2) is 20.7 Å². The molecule has 1 heterocycles. The van der Waals surface area contributed by atoms with E-state index in [9.17, 15) is 35.2 Å².